The van der Waals surface area contributed by atoms with Crippen molar-refractivity contribution in [3.8, 4) is 0 Å². The fraction of sp³-hybridized carbons (Fsp3) is 0.600. The SMILES string of the molecule is O=C(c1nn(C23CC4CC(CC(C4)C2)C3)cc1[N+](=O)[O-])N1CCN(Cc2ccccc2F)CC1. The third-order valence-electron chi connectivity index (χ3n) is 8.60. The highest BCUT2D eigenvalue weighted by atomic mass is 19.1. The van der Waals surface area contributed by atoms with E-state index in [4.69, 9.17) is 0 Å². The maximum Gasteiger partial charge on any atom is 0.320 e. The average Bonchev–Trinajstić information content (AvgIpc) is 3.27. The molecule has 1 saturated heterocycles. The van der Waals surface area contributed by atoms with Gasteiger partial charge in [0.15, 0.2) is 0 Å². The second-order valence-corrected chi connectivity index (χ2v) is 10.9. The van der Waals surface area contributed by atoms with Gasteiger partial charge in [0.2, 0.25) is 5.69 Å². The van der Waals surface area contributed by atoms with Gasteiger partial charge in [-0.1, -0.05) is 18.2 Å². The van der Waals surface area contributed by atoms with Crippen molar-refractivity contribution in [2.24, 2.45) is 17.8 Å². The number of carbonyl (C=O) groups excluding carboxylic acids is 1. The van der Waals surface area contributed by atoms with Crippen LogP contribution in [0.15, 0.2) is 30.5 Å². The third-order valence-corrected chi connectivity index (χ3v) is 8.60. The summed E-state index contributed by atoms with van der Waals surface area (Å²) in [6.07, 6.45) is 8.37. The van der Waals surface area contributed by atoms with Gasteiger partial charge in [0.05, 0.1) is 10.5 Å². The van der Waals surface area contributed by atoms with Gasteiger partial charge in [0.1, 0.15) is 12.0 Å². The molecule has 4 saturated carbocycles. The normalized spacial score (nSPS) is 30.6. The van der Waals surface area contributed by atoms with Gasteiger partial charge in [0, 0.05) is 38.3 Å². The molecule has 4 aliphatic carbocycles. The maximum atomic E-state index is 14.0. The van der Waals surface area contributed by atoms with Gasteiger partial charge in [-0.3, -0.25) is 24.5 Å². The predicted molar refractivity (Wildman–Crippen MR) is 123 cm³/mol. The second-order valence-electron chi connectivity index (χ2n) is 10.9. The lowest BCUT2D eigenvalue weighted by Gasteiger charge is -2.56. The maximum absolute atomic E-state index is 14.0. The first-order valence-electron chi connectivity index (χ1n) is 12.4. The van der Waals surface area contributed by atoms with E-state index in [1.54, 1.807) is 21.7 Å². The lowest BCUT2D eigenvalue weighted by atomic mass is 9.53. The number of hydrogen-bond donors (Lipinski definition) is 0. The molecular formula is C25H30FN5O3. The molecular weight excluding hydrogens is 437 g/mol. The highest BCUT2D eigenvalue weighted by Crippen LogP contribution is 2.58. The number of aromatic nitrogens is 2. The molecule has 9 heteroatoms. The van der Waals surface area contributed by atoms with Crippen molar-refractivity contribution in [1.29, 1.82) is 0 Å². The molecule has 0 N–H and O–H groups in total. The Bertz CT molecular complexity index is 1090. The van der Waals surface area contributed by atoms with E-state index in [9.17, 15) is 19.3 Å². The van der Waals surface area contributed by atoms with Crippen molar-refractivity contribution in [1.82, 2.24) is 19.6 Å². The average molecular weight is 468 g/mol. The molecule has 1 amide bonds. The zero-order chi connectivity index (χ0) is 23.4. The Morgan fingerprint density at radius 3 is 2.26 bits per heavy atom. The molecule has 5 aliphatic rings. The topological polar surface area (TPSA) is 84.5 Å². The summed E-state index contributed by atoms with van der Waals surface area (Å²) in [5.74, 6) is 1.43. The van der Waals surface area contributed by atoms with Crippen LogP contribution in [-0.4, -0.2) is 56.6 Å². The standard InChI is InChI=1S/C25H30FN5O3/c26-21-4-2-1-3-20(21)15-28-5-7-29(8-6-28)24(32)23-22(31(33)34)16-30(27-23)25-12-17-9-18(13-25)11-19(10-17)14-25/h1-4,16-19H,5-15H2. The van der Waals surface area contributed by atoms with E-state index in [2.05, 4.69) is 10.00 Å². The molecule has 1 aromatic heterocycles. The van der Waals surface area contributed by atoms with Gasteiger partial charge in [0.25, 0.3) is 5.91 Å². The smallest absolute Gasteiger partial charge is 0.320 e. The number of amides is 1. The summed E-state index contributed by atoms with van der Waals surface area (Å²) in [4.78, 5) is 28.5. The van der Waals surface area contributed by atoms with Crippen LogP contribution in [0.5, 0.6) is 0 Å². The summed E-state index contributed by atoms with van der Waals surface area (Å²) < 4.78 is 15.8. The van der Waals surface area contributed by atoms with Crippen molar-refractivity contribution < 1.29 is 14.1 Å². The summed E-state index contributed by atoms with van der Waals surface area (Å²) in [7, 11) is 0. The number of carbonyl (C=O) groups is 1. The van der Waals surface area contributed by atoms with Crippen molar-refractivity contribution in [2.45, 2.75) is 50.6 Å². The van der Waals surface area contributed by atoms with Gasteiger partial charge in [-0.15, -0.1) is 0 Å². The molecule has 2 aromatic rings. The molecule has 2 heterocycles. The quantitative estimate of drug-likeness (QED) is 0.493. The Morgan fingerprint density at radius 1 is 1.06 bits per heavy atom. The molecule has 0 radical (unpaired) electrons. The number of halogens is 1. The van der Waals surface area contributed by atoms with Gasteiger partial charge >= 0.3 is 5.69 Å². The van der Waals surface area contributed by atoms with Gasteiger partial charge < -0.3 is 4.90 Å². The number of nitrogens with zero attached hydrogens (tertiary/aromatic N) is 5. The molecule has 1 aromatic carbocycles. The van der Waals surface area contributed by atoms with Crippen LogP contribution in [0.4, 0.5) is 10.1 Å². The first-order valence-corrected chi connectivity index (χ1v) is 12.4. The van der Waals surface area contributed by atoms with Crippen molar-refractivity contribution in [3.63, 3.8) is 0 Å². The van der Waals surface area contributed by atoms with E-state index >= 15 is 0 Å². The fourth-order valence-electron chi connectivity index (χ4n) is 7.37. The van der Waals surface area contributed by atoms with E-state index in [1.165, 1.54) is 31.5 Å². The Hall–Kier alpha value is -2.81. The summed E-state index contributed by atoms with van der Waals surface area (Å²) in [5.41, 5.74) is 0.237. The number of nitro groups is 1. The Labute approximate surface area is 197 Å². The van der Waals surface area contributed by atoms with Gasteiger partial charge in [-0.2, -0.15) is 5.10 Å². The highest BCUT2D eigenvalue weighted by molar-refractivity contribution is 5.96. The third kappa shape index (κ3) is 3.70. The minimum Gasteiger partial charge on any atom is -0.334 e. The molecule has 4 bridgehead atoms. The highest BCUT2D eigenvalue weighted by Gasteiger charge is 2.53. The molecule has 7 rings (SSSR count). The molecule has 0 unspecified atom stereocenters. The van der Waals surface area contributed by atoms with Gasteiger partial charge in [-0.05, 0) is 62.3 Å². The van der Waals surface area contributed by atoms with Crippen LogP contribution in [0.1, 0.15) is 54.6 Å². The van der Waals surface area contributed by atoms with Crippen LogP contribution in [-0.2, 0) is 12.1 Å². The summed E-state index contributed by atoms with van der Waals surface area (Å²) in [5, 5.41) is 16.5. The molecule has 1 aliphatic heterocycles. The van der Waals surface area contributed by atoms with E-state index < -0.39 is 4.92 Å². The Kier molecular flexibility index (Phi) is 5.20. The molecule has 0 atom stereocenters. The summed E-state index contributed by atoms with van der Waals surface area (Å²) in [6.45, 7) is 2.53. The first-order chi connectivity index (χ1) is 16.4. The minimum atomic E-state index is -0.467. The van der Waals surface area contributed by atoms with Crippen molar-refractivity contribution in [2.75, 3.05) is 26.2 Å². The predicted octanol–water partition coefficient (Wildman–Crippen LogP) is 3.81. The van der Waals surface area contributed by atoms with Crippen LogP contribution in [0, 0.1) is 33.7 Å². The number of rotatable bonds is 5. The Balaban J connectivity index is 1.19. The molecule has 34 heavy (non-hydrogen) atoms. The van der Waals surface area contributed by atoms with Crippen molar-refractivity contribution in [3.05, 3.63) is 57.7 Å². The minimum absolute atomic E-state index is 0.0386. The van der Waals surface area contributed by atoms with E-state index in [0.717, 1.165) is 19.3 Å². The fourth-order valence-corrected chi connectivity index (χ4v) is 7.37. The van der Waals surface area contributed by atoms with E-state index in [1.807, 2.05) is 6.07 Å². The number of benzene rings is 1. The zero-order valence-corrected chi connectivity index (χ0v) is 19.2. The number of piperazine rings is 1. The van der Waals surface area contributed by atoms with Crippen LogP contribution in [0.25, 0.3) is 0 Å². The first kappa shape index (κ1) is 21.7. The zero-order valence-electron chi connectivity index (χ0n) is 19.2. The monoisotopic (exact) mass is 467 g/mol. The van der Waals surface area contributed by atoms with Crippen LogP contribution >= 0.6 is 0 Å². The lowest BCUT2D eigenvalue weighted by molar-refractivity contribution is -0.385. The Morgan fingerprint density at radius 2 is 1.68 bits per heavy atom. The summed E-state index contributed by atoms with van der Waals surface area (Å²) in [6, 6.07) is 6.71. The molecule has 8 nitrogen and oxygen atoms in total. The van der Waals surface area contributed by atoms with E-state index in [0.29, 0.717) is 56.0 Å². The lowest BCUT2D eigenvalue weighted by Crippen LogP contribution is -2.52. The molecule has 0 spiro atoms. The second kappa shape index (κ2) is 8.15. The van der Waals surface area contributed by atoms with E-state index in [-0.39, 0.29) is 28.6 Å². The molecule has 180 valence electrons. The van der Waals surface area contributed by atoms with Gasteiger partial charge in [-0.25, -0.2) is 4.39 Å². The largest absolute Gasteiger partial charge is 0.334 e. The van der Waals surface area contributed by atoms with Crippen molar-refractivity contribution >= 4 is 11.6 Å². The summed E-state index contributed by atoms with van der Waals surface area (Å²) >= 11 is 0. The number of hydrogen-bond acceptors (Lipinski definition) is 5. The molecule has 5 fully saturated rings. The van der Waals surface area contributed by atoms with Crippen LogP contribution in [0.2, 0.25) is 0 Å². The van der Waals surface area contributed by atoms with Crippen LogP contribution in [0.3, 0.4) is 0 Å². The van der Waals surface area contributed by atoms with Crippen LogP contribution < -0.4 is 0 Å².